The van der Waals surface area contributed by atoms with E-state index in [1.807, 2.05) is 24.4 Å². The fraction of sp³-hybridized carbons (Fsp3) is 0.200. The van der Waals surface area contributed by atoms with Gasteiger partial charge < -0.3 is 10.2 Å². The van der Waals surface area contributed by atoms with E-state index in [0.717, 1.165) is 28.9 Å². The molecule has 1 aliphatic heterocycles. The summed E-state index contributed by atoms with van der Waals surface area (Å²) in [4.78, 5) is 10.7. The number of nitrogens with zero attached hydrogens (tertiary/aromatic N) is 3. The minimum absolute atomic E-state index is 0.0212. The Balaban J connectivity index is 1.87. The van der Waals surface area contributed by atoms with Crippen LogP contribution in [0.3, 0.4) is 0 Å². The van der Waals surface area contributed by atoms with Crippen molar-refractivity contribution in [1.82, 2.24) is 14.9 Å². The first-order chi connectivity index (χ1) is 12.5. The zero-order valence-corrected chi connectivity index (χ0v) is 15.5. The molecule has 0 spiro atoms. The highest BCUT2D eigenvalue weighted by atomic mass is 35.5. The van der Waals surface area contributed by atoms with Gasteiger partial charge in [-0.2, -0.15) is 0 Å². The Bertz CT molecular complexity index is 891. The van der Waals surface area contributed by atoms with Crippen LogP contribution in [0.5, 0.6) is 0 Å². The van der Waals surface area contributed by atoms with Gasteiger partial charge in [-0.3, -0.25) is 0 Å². The Labute approximate surface area is 157 Å². The van der Waals surface area contributed by atoms with Gasteiger partial charge in [0.1, 0.15) is 5.82 Å². The minimum Gasteiger partial charge on any atom is -0.357 e. The van der Waals surface area contributed by atoms with Gasteiger partial charge in [0.2, 0.25) is 5.95 Å². The summed E-state index contributed by atoms with van der Waals surface area (Å²) in [5.41, 5.74) is 3.55. The van der Waals surface area contributed by atoms with Crippen LogP contribution >= 0.6 is 11.6 Å². The largest absolute Gasteiger partial charge is 0.357 e. The Hall–Kier alpha value is -2.66. The first-order valence-electron chi connectivity index (χ1n) is 8.36. The zero-order chi connectivity index (χ0) is 18.7. The molecule has 2 aromatic rings. The van der Waals surface area contributed by atoms with Gasteiger partial charge in [-0.25, -0.2) is 14.4 Å². The summed E-state index contributed by atoms with van der Waals surface area (Å²) in [7, 11) is 1.78. The maximum absolute atomic E-state index is 13.5. The SMILES string of the molecule is C=C1C=C(c2ccnc(NC)n2)C=CN1C(CC)c1ccc(F)c(Cl)c1. The normalized spacial score (nSPS) is 15.0. The number of halogens is 2. The van der Waals surface area contributed by atoms with Gasteiger partial charge >= 0.3 is 0 Å². The fourth-order valence-electron chi connectivity index (χ4n) is 2.97. The number of nitrogens with one attached hydrogen (secondary N) is 1. The van der Waals surface area contributed by atoms with E-state index in [9.17, 15) is 4.39 Å². The zero-order valence-electron chi connectivity index (χ0n) is 14.7. The number of anilines is 1. The van der Waals surface area contributed by atoms with Crippen molar-refractivity contribution < 1.29 is 4.39 Å². The molecule has 1 aromatic carbocycles. The second kappa shape index (κ2) is 7.70. The minimum atomic E-state index is -0.412. The third-order valence-corrected chi connectivity index (χ3v) is 4.58. The molecule has 6 heteroatoms. The molecule has 0 aliphatic carbocycles. The Morgan fingerprint density at radius 2 is 2.15 bits per heavy atom. The summed E-state index contributed by atoms with van der Waals surface area (Å²) in [5, 5.41) is 3.06. The van der Waals surface area contributed by atoms with Crippen LogP contribution in [0, 0.1) is 5.82 Å². The van der Waals surface area contributed by atoms with Crippen LogP contribution in [-0.4, -0.2) is 21.9 Å². The predicted octanol–water partition coefficient (Wildman–Crippen LogP) is 5.19. The lowest BCUT2D eigenvalue weighted by molar-refractivity contribution is 0.345. The van der Waals surface area contributed by atoms with Gasteiger partial charge in [-0.1, -0.05) is 31.2 Å². The van der Waals surface area contributed by atoms with Crippen LogP contribution in [0.15, 0.2) is 61.1 Å². The van der Waals surface area contributed by atoms with Crippen molar-refractivity contribution in [3.05, 3.63) is 83.2 Å². The monoisotopic (exact) mass is 370 g/mol. The molecule has 26 heavy (non-hydrogen) atoms. The van der Waals surface area contributed by atoms with E-state index in [1.165, 1.54) is 6.07 Å². The Kier molecular flexibility index (Phi) is 5.38. The third kappa shape index (κ3) is 3.63. The number of rotatable bonds is 5. The number of benzene rings is 1. The number of hydrogen-bond donors (Lipinski definition) is 1. The van der Waals surface area contributed by atoms with Crippen LogP contribution < -0.4 is 5.32 Å². The van der Waals surface area contributed by atoms with Crippen molar-refractivity contribution >= 4 is 23.1 Å². The molecule has 134 valence electrons. The van der Waals surface area contributed by atoms with Crippen molar-refractivity contribution in [3.63, 3.8) is 0 Å². The fourth-order valence-corrected chi connectivity index (χ4v) is 3.16. The van der Waals surface area contributed by atoms with E-state index >= 15 is 0 Å². The molecule has 3 rings (SSSR count). The molecule has 0 amide bonds. The Morgan fingerprint density at radius 1 is 1.35 bits per heavy atom. The molecule has 4 nitrogen and oxygen atoms in total. The van der Waals surface area contributed by atoms with Crippen molar-refractivity contribution in [2.24, 2.45) is 0 Å². The molecule has 1 aliphatic rings. The molecule has 1 unspecified atom stereocenters. The molecule has 0 bridgehead atoms. The third-order valence-electron chi connectivity index (χ3n) is 4.29. The second-order valence-corrected chi connectivity index (χ2v) is 6.33. The van der Waals surface area contributed by atoms with Crippen LogP contribution in [-0.2, 0) is 0 Å². The molecule has 0 saturated heterocycles. The molecule has 0 radical (unpaired) electrons. The van der Waals surface area contributed by atoms with Crippen molar-refractivity contribution in [3.8, 4) is 0 Å². The quantitative estimate of drug-likeness (QED) is 0.786. The summed E-state index contributed by atoms with van der Waals surface area (Å²) in [6, 6.07) is 6.72. The lowest BCUT2D eigenvalue weighted by Gasteiger charge is -2.33. The molecule has 0 fully saturated rings. The van der Waals surface area contributed by atoms with E-state index in [4.69, 9.17) is 11.6 Å². The molecule has 1 atom stereocenters. The summed E-state index contributed by atoms with van der Waals surface area (Å²) in [5.74, 6) is 0.154. The van der Waals surface area contributed by atoms with Crippen LogP contribution in [0.2, 0.25) is 5.02 Å². The number of aromatic nitrogens is 2. The molecule has 1 aromatic heterocycles. The van der Waals surface area contributed by atoms with Crippen LogP contribution in [0.4, 0.5) is 10.3 Å². The maximum Gasteiger partial charge on any atom is 0.222 e. The van der Waals surface area contributed by atoms with E-state index in [0.29, 0.717) is 5.95 Å². The van der Waals surface area contributed by atoms with Crippen LogP contribution in [0.1, 0.15) is 30.6 Å². The standard InChI is InChI=1S/C20H20ClFN4/c1-4-19(15-5-6-17(22)16(21)12-15)26-10-8-14(11-13(26)2)18-7-9-24-20(23-3)25-18/h5-12,19H,2,4H2,1,3H3,(H,23,24,25). The van der Waals surface area contributed by atoms with Gasteiger partial charge in [0.15, 0.2) is 0 Å². The first-order valence-corrected chi connectivity index (χ1v) is 8.74. The topological polar surface area (TPSA) is 41.1 Å². The van der Waals surface area contributed by atoms with E-state index in [1.54, 1.807) is 25.4 Å². The number of hydrogen-bond acceptors (Lipinski definition) is 4. The van der Waals surface area contributed by atoms with Gasteiger partial charge in [-0.15, -0.1) is 0 Å². The van der Waals surface area contributed by atoms with E-state index in [-0.39, 0.29) is 11.1 Å². The summed E-state index contributed by atoms with van der Waals surface area (Å²) in [6.45, 7) is 6.26. The maximum atomic E-state index is 13.5. The van der Waals surface area contributed by atoms with Gasteiger partial charge in [0.25, 0.3) is 0 Å². The van der Waals surface area contributed by atoms with Gasteiger partial charge in [-0.05, 0) is 42.3 Å². The van der Waals surface area contributed by atoms with Crippen molar-refractivity contribution in [2.45, 2.75) is 19.4 Å². The molecule has 2 heterocycles. The molecular formula is C20H20ClFN4. The summed E-state index contributed by atoms with van der Waals surface area (Å²) in [6.07, 6.45) is 8.49. The van der Waals surface area contributed by atoms with Crippen molar-refractivity contribution in [2.75, 3.05) is 12.4 Å². The smallest absolute Gasteiger partial charge is 0.222 e. The van der Waals surface area contributed by atoms with Gasteiger partial charge in [0, 0.05) is 30.7 Å². The highest BCUT2D eigenvalue weighted by Gasteiger charge is 2.21. The van der Waals surface area contributed by atoms with Crippen LogP contribution in [0.25, 0.3) is 5.57 Å². The summed E-state index contributed by atoms with van der Waals surface area (Å²) < 4.78 is 13.5. The highest BCUT2D eigenvalue weighted by molar-refractivity contribution is 6.30. The predicted molar refractivity (Wildman–Crippen MR) is 104 cm³/mol. The molecular weight excluding hydrogens is 351 g/mol. The lowest BCUT2D eigenvalue weighted by atomic mass is 10.00. The average Bonchev–Trinajstić information content (AvgIpc) is 2.66. The average molecular weight is 371 g/mol. The van der Waals surface area contributed by atoms with E-state index < -0.39 is 5.82 Å². The molecule has 1 N–H and O–H groups in total. The number of allylic oxidation sites excluding steroid dienone is 3. The lowest BCUT2D eigenvalue weighted by Crippen LogP contribution is -2.23. The molecule has 0 saturated carbocycles. The highest BCUT2D eigenvalue weighted by Crippen LogP contribution is 2.34. The summed E-state index contributed by atoms with van der Waals surface area (Å²) >= 11 is 5.96. The van der Waals surface area contributed by atoms with Crippen molar-refractivity contribution in [1.29, 1.82) is 0 Å². The van der Waals surface area contributed by atoms with Gasteiger partial charge in [0.05, 0.1) is 16.8 Å². The Morgan fingerprint density at radius 3 is 2.81 bits per heavy atom. The second-order valence-electron chi connectivity index (χ2n) is 5.93. The first kappa shape index (κ1) is 18.1. The van der Waals surface area contributed by atoms with E-state index in [2.05, 4.69) is 33.7 Å².